The van der Waals surface area contributed by atoms with Gasteiger partial charge < -0.3 is 10.8 Å². The number of nitrogens with two attached hydrogens (primary N) is 1. The van der Waals surface area contributed by atoms with E-state index in [1.807, 2.05) is 0 Å². The first-order valence-electron chi connectivity index (χ1n) is 5.34. The van der Waals surface area contributed by atoms with Crippen molar-refractivity contribution in [2.75, 3.05) is 0 Å². The van der Waals surface area contributed by atoms with Crippen molar-refractivity contribution >= 4 is 5.97 Å². The van der Waals surface area contributed by atoms with Crippen LogP contribution in [0.2, 0.25) is 0 Å². The van der Waals surface area contributed by atoms with Crippen molar-refractivity contribution in [3.63, 3.8) is 0 Å². The molecule has 0 saturated heterocycles. The minimum atomic E-state index is -0.909. The Morgan fingerprint density at radius 1 is 1.41 bits per heavy atom. The summed E-state index contributed by atoms with van der Waals surface area (Å²) in [6.07, 6.45) is 0.718. The predicted octanol–water partition coefficient (Wildman–Crippen LogP) is 2.53. The number of aliphatic carboxylic acids is 1. The van der Waals surface area contributed by atoms with Crippen LogP contribution in [0.5, 0.6) is 0 Å². The molecule has 1 atom stereocenters. The standard InChI is InChI=1S/C12H15F2NO2/c1-7-5-8(10(14)6-9(7)13)11(15)3-2-4-12(16)17/h5-6,11H,2-4,15H2,1H3,(H,16,17). The van der Waals surface area contributed by atoms with Crippen LogP contribution < -0.4 is 5.73 Å². The van der Waals surface area contributed by atoms with Gasteiger partial charge in [0.1, 0.15) is 11.6 Å². The van der Waals surface area contributed by atoms with Crippen LogP contribution in [-0.2, 0) is 4.79 Å². The molecule has 0 heterocycles. The second-order valence-electron chi connectivity index (χ2n) is 4.02. The lowest BCUT2D eigenvalue weighted by atomic mass is 9.99. The number of rotatable bonds is 5. The van der Waals surface area contributed by atoms with Crippen molar-refractivity contribution in [3.05, 3.63) is 34.9 Å². The number of aryl methyl sites for hydroxylation is 1. The molecule has 0 aromatic heterocycles. The van der Waals surface area contributed by atoms with Gasteiger partial charge in [-0.3, -0.25) is 4.79 Å². The topological polar surface area (TPSA) is 63.3 Å². The van der Waals surface area contributed by atoms with Crippen LogP contribution >= 0.6 is 0 Å². The van der Waals surface area contributed by atoms with Gasteiger partial charge in [0, 0.05) is 24.1 Å². The van der Waals surface area contributed by atoms with Crippen molar-refractivity contribution in [2.24, 2.45) is 5.73 Å². The average molecular weight is 243 g/mol. The van der Waals surface area contributed by atoms with Gasteiger partial charge in [-0.15, -0.1) is 0 Å². The van der Waals surface area contributed by atoms with Gasteiger partial charge in [0.2, 0.25) is 0 Å². The van der Waals surface area contributed by atoms with Crippen LogP contribution in [0.3, 0.4) is 0 Å². The van der Waals surface area contributed by atoms with E-state index >= 15 is 0 Å². The zero-order valence-corrected chi connectivity index (χ0v) is 9.54. The van der Waals surface area contributed by atoms with E-state index in [0.29, 0.717) is 18.4 Å². The highest BCUT2D eigenvalue weighted by Crippen LogP contribution is 2.22. The molecule has 1 rings (SSSR count). The SMILES string of the molecule is Cc1cc(C(N)CCCC(=O)O)c(F)cc1F. The Morgan fingerprint density at radius 2 is 2.06 bits per heavy atom. The summed E-state index contributed by atoms with van der Waals surface area (Å²) in [6, 6.07) is 1.58. The predicted molar refractivity (Wildman–Crippen MR) is 59.5 cm³/mol. The molecular formula is C12H15F2NO2. The Hall–Kier alpha value is -1.49. The van der Waals surface area contributed by atoms with Crippen molar-refractivity contribution in [2.45, 2.75) is 32.2 Å². The fraction of sp³-hybridized carbons (Fsp3) is 0.417. The summed E-state index contributed by atoms with van der Waals surface area (Å²) >= 11 is 0. The van der Waals surface area contributed by atoms with Gasteiger partial charge >= 0.3 is 5.97 Å². The summed E-state index contributed by atoms with van der Waals surface area (Å²) in [5.74, 6) is -2.20. The molecule has 0 fully saturated rings. The molecule has 0 saturated carbocycles. The first kappa shape index (κ1) is 13.6. The Morgan fingerprint density at radius 3 is 2.65 bits per heavy atom. The fourth-order valence-electron chi connectivity index (χ4n) is 1.59. The number of carbonyl (C=O) groups is 1. The minimum absolute atomic E-state index is 0.00447. The van der Waals surface area contributed by atoms with Gasteiger partial charge in [0.05, 0.1) is 0 Å². The zero-order chi connectivity index (χ0) is 13.0. The van der Waals surface area contributed by atoms with Crippen LogP contribution in [0.25, 0.3) is 0 Å². The third-order valence-corrected chi connectivity index (χ3v) is 2.58. The summed E-state index contributed by atoms with van der Waals surface area (Å²) in [7, 11) is 0. The molecule has 0 amide bonds. The number of carboxylic acid groups (broad SMARTS) is 1. The van der Waals surface area contributed by atoms with Crippen LogP contribution in [0.15, 0.2) is 12.1 Å². The molecule has 0 radical (unpaired) electrons. The first-order valence-corrected chi connectivity index (χ1v) is 5.34. The maximum absolute atomic E-state index is 13.4. The molecule has 0 aliphatic rings. The van der Waals surface area contributed by atoms with Crippen LogP contribution in [-0.4, -0.2) is 11.1 Å². The van der Waals surface area contributed by atoms with Gasteiger partial charge in [-0.1, -0.05) is 0 Å². The largest absolute Gasteiger partial charge is 0.481 e. The van der Waals surface area contributed by atoms with Crippen molar-refractivity contribution in [1.29, 1.82) is 0 Å². The van der Waals surface area contributed by atoms with E-state index in [0.717, 1.165) is 6.07 Å². The molecule has 0 spiro atoms. The zero-order valence-electron chi connectivity index (χ0n) is 9.54. The van der Waals surface area contributed by atoms with Gasteiger partial charge in [-0.2, -0.15) is 0 Å². The summed E-state index contributed by atoms with van der Waals surface area (Å²) in [5, 5.41) is 8.47. The number of benzene rings is 1. The summed E-state index contributed by atoms with van der Waals surface area (Å²) in [4.78, 5) is 10.3. The molecule has 94 valence electrons. The first-order chi connectivity index (χ1) is 7.91. The Kier molecular flexibility index (Phi) is 4.57. The second-order valence-corrected chi connectivity index (χ2v) is 4.02. The average Bonchev–Trinajstić information content (AvgIpc) is 2.22. The fourth-order valence-corrected chi connectivity index (χ4v) is 1.59. The van der Waals surface area contributed by atoms with E-state index < -0.39 is 23.6 Å². The van der Waals surface area contributed by atoms with Gasteiger partial charge in [0.25, 0.3) is 0 Å². The summed E-state index contributed by atoms with van der Waals surface area (Å²) in [5.41, 5.74) is 6.31. The molecule has 1 aromatic rings. The van der Waals surface area contributed by atoms with Gasteiger partial charge in [-0.25, -0.2) is 8.78 Å². The van der Waals surface area contributed by atoms with Gasteiger partial charge in [0.15, 0.2) is 0 Å². The van der Waals surface area contributed by atoms with Gasteiger partial charge in [-0.05, 0) is 31.4 Å². The molecule has 1 unspecified atom stereocenters. The monoisotopic (exact) mass is 243 g/mol. The molecular weight excluding hydrogens is 228 g/mol. The third kappa shape index (κ3) is 3.78. The lowest BCUT2D eigenvalue weighted by Crippen LogP contribution is -2.13. The molecule has 1 aromatic carbocycles. The highest BCUT2D eigenvalue weighted by Gasteiger charge is 2.14. The Bertz CT molecular complexity index is 421. The lowest BCUT2D eigenvalue weighted by Gasteiger charge is -2.13. The maximum Gasteiger partial charge on any atom is 0.303 e. The molecule has 0 bridgehead atoms. The van der Waals surface area contributed by atoms with Crippen molar-refractivity contribution in [3.8, 4) is 0 Å². The van der Waals surface area contributed by atoms with E-state index in [1.54, 1.807) is 0 Å². The number of hydrogen-bond acceptors (Lipinski definition) is 2. The minimum Gasteiger partial charge on any atom is -0.481 e. The molecule has 0 aliphatic carbocycles. The quantitative estimate of drug-likeness (QED) is 0.835. The molecule has 17 heavy (non-hydrogen) atoms. The van der Waals surface area contributed by atoms with Crippen molar-refractivity contribution < 1.29 is 18.7 Å². The van der Waals surface area contributed by atoms with Crippen molar-refractivity contribution in [1.82, 2.24) is 0 Å². The smallest absolute Gasteiger partial charge is 0.303 e. The third-order valence-electron chi connectivity index (χ3n) is 2.58. The number of halogens is 2. The lowest BCUT2D eigenvalue weighted by molar-refractivity contribution is -0.137. The number of hydrogen-bond donors (Lipinski definition) is 2. The molecule has 3 nitrogen and oxygen atoms in total. The van der Waals surface area contributed by atoms with Crippen LogP contribution in [0.4, 0.5) is 8.78 Å². The van der Waals surface area contributed by atoms with E-state index in [4.69, 9.17) is 10.8 Å². The normalized spacial score (nSPS) is 12.5. The Balaban J connectivity index is 2.71. The highest BCUT2D eigenvalue weighted by atomic mass is 19.1. The maximum atomic E-state index is 13.4. The van der Waals surface area contributed by atoms with Crippen LogP contribution in [0, 0.1) is 18.6 Å². The molecule has 3 N–H and O–H groups in total. The molecule has 0 aliphatic heterocycles. The second kappa shape index (κ2) is 5.72. The summed E-state index contributed by atoms with van der Waals surface area (Å²) < 4.78 is 26.5. The Labute approximate surface area is 98.2 Å². The van der Waals surface area contributed by atoms with E-state index in [1.165, 1.54) is 13.0 Å². The van der Waals surface area contributed by atoms with E-state index in [-0.39, 0.29) is 12.0 Å². The highest BCUT2D eigenvalue weighted by molar-refractivity contribution is 5.66. The number of carboxylic acids is 1. The van der Waals surface area contributed by atoms with Crippen LogP contribution in [0.1, 0.15) is 36.4 Å². The molecule has 5 heteroatoms. The van der Waals surface area contributed by atoms with E-state index in [2.05, 4.69) is 0 Å². The van der Waals surface area contributed by atoms with E-state index in [9.17, 15) is 13.6 Å². The summed E-state index contributed by atoms with van der Waals surface area (Å²) in [6.45, 7) is 1.53.